The van der Waals surface area contributed by atoms with Gasteiger partial charge in [-0.05, 0) is 183 Å². The molecular formula is C86H68N2. The van der Waals surface area contributed by atoms with Crippen molar-refractivity contribution in [1.82, 2.24) is 9.13 Å². The first-order valence-electron chi connectivity index (χ1n) is 30.9. The minimum absolute atomic E-state index is 0.0847. The van der Waals surface area contributed by atoms with Gasteiger partial charge in [-0.2, -0.15) is 0 Å². The van der Waals surface area contributed by atoms with E-state index in [1.54, 1.807) is 0 Å². The molecule has 15 rings (SSSR count). The summed E-state index contributed by atoms with van der Waals surface area (Å²) in [5.41, 5.74) is 24.2. The smallest absolute Gasteiger partial charge is 0.0541 e. The Morgan fingerprint density at radius 1 is 0.261 bits per heavy atom. The summed E-state index contributed by atoms with van der Waals surface area (Å²) in [6.45, 7) is 13.6. The largest absolute Gasteiger partial charge is 0.309 e. The van der Waals surface area contributed by atoms with Crippen molar-refractivity contribution >= 4 is 88.5 Å². The molecule has 15 aromatic rings. The van der Waals surface area contributed by atoms with E-state index in [1.165, 1.54) is 132 Å². The zero-order valence-corrected chi connectivity index (χ0v) is 50.8. The molecule has 2 heteroatoms. The van der Waals surface area contributed by atoms with Gasteiger partial charge in [-0.1, -0.05) is 272 Å². The average molecular weight is 1130 g/mol. The van der Waals surface area contributed by atoms with Crippen molar-refractivity contribution in [3.05, 3.63) is 336 Å². The lowest BCUT2D eigenvalue weighted by Gasteiger charge is -2.19. The molecule has 0 radical (unpaired) electrons. The third kappa shape index (κ3) is 9.72. The molecule has 0 saturated heterocycles. The van der Waals surface area contributed by atoms with Gasteiger partial charge in [0.1, 0.15) is 0 Å². The fraction of sp³-hybridized carbons (Fsp3) is 0.0930. The first-order chi connectivity index (χ1) is 42.9. The molecule has 0 aliphatic heterocycles. The van der Waals surface area contributed by atoms with Crippen molar-refractivity contribution in [3.8, 4) is 33.6 Å². The van der Waals surface area contributed by atoms with Crippen molar-refractivity contribution in [3.63, 3.8) is 0 Å². The van der Waals surface area contributed by atoms with Crippen LogP contribution < -0.4 is 0 Å². The topological polar surface area (TPSA) is 9.86 Å². The summed E-state index contributed by atoms with van der Waals surface area (Å²) in [5, 5.41) is 9.89. The summed E-state index contributed by atoms with van der Waals surface area (Å²) in [4.78, 5) is 0. The molecule has 0 saturated carbocycles. The van der Waals surface area contributed by atoms with Crippen molar-refractivity contribution in [2.45, 2.75) is 52.4 Å². The van der Waals surface area contributed by atoms with E-state index in [-0.39, 0.29) is 10.8 Å². The van der Waals surface area contributed by atoms with E-state index in [2.05, 4.69) is 354 Å². The van der Waals surface area contributed by atoms with E-state index in [0.717, 1.165) is 22.3 Å². The van der Waals surface area contributed by atoms with Crippen molar-refractivity contribution in [1.29, 1.82) is 0 Å². The van der Waals surface area contributed by atoms with Gasteiger partial charge in [0.15, 0.2) is 0 Å². The molecule has 2 aromatic heterocycles. The lowest BCUT2D eigenvalue weighted by atomic mass is 9.85. The average Bonchev–Trinajstić information content (AvgIpc) is 1.40. The molecule has 0 spiro atoms. The second-order valence-corrected chi connectivity index (χ2v) is 25.7. The minimum Gasteiger partial charge on any atom is -0.309 e. The molecule has 0 bridgehead atoms. The van der Waals surface area contributed by atoms with Crippen LogP contribution in [-0.2, 0) is 10.8 Å². The summed E-state index contributed by atoms with van der Waals surface area (Å²) in [6.07, 6.45) is 4.73. The fourth-order valence-electron chi connectivity index (χ4n) is 13.6. The molecule has 2 nitrogen and oxygen atoms in total. The van der Waals surface area contributed by atoms with Crippen molar-refractivity contribution in [2.24, 2.45) is 0 Å². The van der Waals surface area contributed by atoms with Gasteiger partial charge in [0.2, 0.25) is 0 Å². The van der Waals surface area contributed by atoms with Crippen LogP contribution in [0.1, 0.15) is 86.1 Å². The molecule has 0 unspecified atom stereocenters. The Balaban J connectivity index is 0.790. The van der Waals surface area contributed by atoms with Gasteiger partial charge >= 0.3 is 0 Å². The van der Waals surface area contributed by atoms with Crippen LogP contribution in [0.4, 0.5) is 0 Å². The molecule has 0 N–H and O–H groups in total. The van der Waals surface area contributed by atoms with Crippen molar-refractivity contribution in [2.75, 3.05) is 0 Å². The molecule has 0 atom stereocenters. The number of rotatable bonds is 10. The highest BCUT2D eigenvalue weighted by Gasteiger charge is 2.21. The molecular weight excluding hydrogens is 1060 g/mol. The third-order valence-corrected chi connectivity index (χ3v) is 18.1. The normalized spacial score (nSPS) is 12.6. The highest BCUT2D eigenvalue weighted by atomic mass is 15.0. The van der Waals surface area contributed by atoms with E-state index in [4.69, 9.17) is 0 Å². The maximum atomic E-state index is 2.41. The zero-order chi connectivity index (χ0) is 59.7. The van der Waals surface area contributed by atoms with Crippen molar-refractivity contribution < 1.29 is 0 Å². The molecule has 2 heterocycles. The van der Waals surface area contributed by atoms with Crippen LogP contribution in [0.15, 0.2) is 291 Å². The second-order valence-electron chi connectivity index (χ2n) is 25.7. The quantitative estimate of drug-likeness (QED) is 0.0954. The van der Waals surface area contributed by atoms with E-state index in [0.29, 0.717) is 0 Å². The zero-order valence-electron chi connectivity index (χ0n) is 50.8. The van der Waals surface area contributed by atoms with Gasteiger partial charge in [-0.15, -0.1) is 0 Å². The Morgan fingerprint density at radius 2 is 0.557 bits per heavy atom. The number of para-hydroxylation sites is 2. The number of fused-ring (bicyclic) bond motifs is 8. The van der Waals surface area contributed by atoms with Crippen LogP contribution in [0, 0.1) is 0 Å². The van der Waals surface area contributed by atoms with Crippen LogP contribution in [0.2, 0.25) is 0 Å². The number of aromatic nitrogens is 2. The molecule has 88 heavy (non-hydrogen) atoms. The predicted molar refractivity (Wildman–Crippen MR) is 378 cm³/mol. The summed E-state index contributed by atoms with van der Waals surface area (Å²) in [5.74, 6) is 0. The van der Waals surface area contributed by atoms with E-state index in [9.17, 15) is 0 Å². The second kappa shape index (κ2) is 21.8. The Bertz CT molecular complexity index is 4810. The standard InChI is InChI=1S/C86H68N2/c1-85(2,3)65-43-47-67(48-44-65)87-79-31-19-17-25-69(79)77-55-57(33-51-81(77)87)53-75(59-21-9-7-10-22-59)61-35-39-63(40-36-61)83-71-27-13-15-29-73(71)84(74-30-16-14-28-72(74)83)64-41-37-62(38-42-64)76(60-23-11-8-12-24-60)54-58-34-52-82-78(56-58)70-26-18-20-32-80(70)88(82)68-49-45-66(46-50-68)86(4,5)6/h7-56H,1-6H3/b75-53+,76-54+. The van der Waals surface area contributed by atoms with Gasteiger partial charge < -0.3 is 9.13 Å². The molecule has 0 amide bonds. The lowest BCUT2D eigenvalue weighted by molar-refractivity contribution is 0.590. The highest BCUT2D eigenvalue weighted by molar-refractivity contribution is 6.21. The SMILES string of the molecule is CC(C)(C)c1ccc(-n2c3ccccc3c3cc(/C=C(\c4ccccc4)c4ccc(-c5c6ccccc6c(-c6ccc(/C(=C/c7ccc8c(c7)c7ccccc7n8-c7ccc(C(C)(C)C)cc7)c7ccccc7)cc6)c6ccccc56)cc4)ccc32)cc1. The monoisotopic (exact) mass is 1130 g/mol. The number of hydrogen-bond acceptors (Lipinski definition) is 0. The van der Waals surface area contributed by atoms with Crippen LogP contribution in [0.5, 0.6) is 0 Å². The summed E-state index contributed by atoms with van der Waals surface area (Å²) >= 11 is 0. The highest BCUT2D eigenvalue weighted by Crippen LogP contribution is 2.45. The molecule has 0 aliphatic rings. The number of benzene rings is 13. The van der Waals surface area contributed by atoms with Gasteiger partial charge in [0.25, 0.3) is 0 Å². The Labute approximate surface area is 516 Å². The first-order valence-corrected chi connectivity index (χ1v) is 30.9. The van der Waals surface area contributed by atoms with E-state index in [1.807, 2.05) is 0 Å². The van der Waals surface area contributed by atoms with Crippen LogP contribution in [0.25, 0.3) is 122 Å². The third-order valence-electron chi connectivity index (χ3n) is 18.1. The Kier molecular flexibility index (Phi) is 13.4. The van der Waals surface area contributed by atoms with E-state index < -0.39 is 0 Å². The summed E-state index contributed by atoms with van der Waals surface area (Å²) < 4.78 is 4.82. The summed E-state index contributed by atoms with van der Waals surface area (Å²) in [7, 11) is 0. The van der Waals surface area contributed by atoms with Gasteiger partial charge in [-0.25, -0.2) is 0 Å². The maximum absolute atomic E-state index is 2.41. The van der Waals surface area contributed by atoms with Crippen LogP contribution in [-0.4, -0.2) is 9.13 Å². The fourth-order valence-corrected chi connectivity index (χ4v) is 13.6. The molecule has 0 aliphatic carbocycles. The molecule has 13 aromatic carbocycles. The minimum atomic E-state index is 0.0847. The predicted octanol–water partition coefficient (Wildman–Crippen LogP) is 23.3. The number of hydrogen-bond donors (Lipinski definition) is 0. The van der Waals surface area contributed by atoms with Gasteiger partial charge in [-0.3, -0.25) is 0 Å². The lowest BCUT2D eigenvalue weighted by Crippen LogP contribution is -2.10. The van der Waals surface area contributed by atoms with Crippen LogP contribution in [0.3, 0.4) is 0 Å². The van der Waals surface area contributed by atoms with Gasteiger partial charge in [0.05, 0.1) is 22.1 Å². The molecule has 422 valence electrons. The van der Waals surface area contributed by atoms with E-state index >= 15 is 0 Å². The van der Waals surface area contributed by atoms with Crippen LogP contribution >= 0.6 is 0 Å². The maximum Gasteiger partial charge on any atom is 0.0541 e. The first kappa shape index (κ1) is 54.1. The molecule has 0 fully saturated rings. The number of nitrogens with zero attached hydrogens (tertiary/aromatic N) is 2. The van der Waals surface area contributed by atoms with Gasteiger partial charge in [0, 0.05) is 32.9 Å². The Hall–Kier alpha value is -10.5. The summed E-state index contributed by atoms with van der Waals surface area (Å²) in [6, 6.07) is 108. The Morgan fingerprint density at radius 3 is 0.898 bits per heavy atom.